The molecule has 0 aliphatic carbocycles. The van der Waals surface area contributed by atoms with Gasteiger partial charge in [-0.2, -0.15) is 0 Å². The standard InChI is InChI=1S/C16H21FN4/c1-10-6-7-11(17)8-12(10)19-14-9-13(18-5)20-15(21-14)16(2,3)4/h6-9H,1-5H3,(H2,18,19,20,21). The highest BCUT2D eigenvalue weighted by atomic mass is 19.1. The van der Waals surface area contributed by atoms with Crippen LogP contribution in [0.2, 0.25) is 0 Å². The summed E-state index contributed by atoms with van der Waals surface area (Å²) in [5.74, 6) is 1.83. The minimum Gasteiger partial charge on any atom is -0.373 e. The summed E-state index contributed by atoms with van der Waals surface area (Å²) in [4.78, 5) is 9.00. The van der Waals surface area contributed by atoms with Crippen LogP contribution in [0.4, 0.5) is 21.7 Å². The number of nitrogens with zero attached hydrogens (tertiary/aromatic N) is 2. The predicted octanol–water partition coefficient (Wildman–Crippen LogP) is 4.01. The number of aromatic nitrogens is 2. The molecule has 0 aliphatic rings. The van der Waals surface area contributed by atoms with Gasteiger partial charge in [0, 0.05) is 24.2 Å². The molecule has 0 unspecified atom stereocenters. The average Bonchev–Trinajstić information content (AvgIpc) is 2.41. The lowest BCUT2D eigenvalue weighted by Crippen LogP contribution is -2.17. The molecule has 0 fully saturated rings. The van der Waals surface area contributed by atoms with E-state index in [9.17, 15) is 4.39 Å². The zero-order valence-electron chi connectivity index (χ0n) is 13.1. The maximum Gasteiger partial charge on any atom is 0.138 e. The van der Waals surface area contributed by atoms with Crippen molar-refractivity contribution in [3.8, 4) is 0 Å². The molecule has 2 aromatic rings. The largest absolute Gasteiger partial charge is 0.373 e. The Labute approximate surface area is 124 Å². The molecule has 0 saturated carbocycles. The van der Waals surface area contributed by atoms with E-state index in [0.717, 1.165) is 17.2 Å². The van der Waals surface area contributed by atoms with Crippen molar-refractivity contribution in [2.75, 3.05) is 17.7 Å². The molecule has 21 heavy (non-hydrogen) atoms. The highest BCUT2D eigenvalue weighted by Gasteiger charge is 2.19. The molecule has 1 heterocycles. The number of rotatable bonds is 3. The maximum absolute atomic E-state index is 13.4. The monoisotopic (exact) mass is 288 g/mol. The van der Waals surface area contributed by atoms with Crippen molar-refractivity contribution >= 4 is 17.3 Å². The van der Waals surface area contributed by atoms with Gasteiger partial charge in [-0.3, -0.25) is 0 Å². The molecular weight excluding hydrogens is 267 g/mol. The summed E-state index contributed by atoms with van der Waals surface area (Å²) >= 11 is 0. The Kier molecular flexibility index (Phi) is 4.11. The first-order chi connectivity index (χ1) is 9.79. The van der Waals surface area contributed by atoms with Gasteiger partial charge in [-0.15, -0.1) is 0 Å². The Balaban J connectivity index is 2.42. The zero-order chi connectivity index (χ0) is 15.6. The molecule has 1 aromatic heterocycles. The molecular formula is C16H21FN4. The van der Waals surface area contributed by atoms with E-state index < -0.39 is 0 Å². The fourth-order valence-corrected chi connectivity index (χ4v) is 1.84. The highest BCUT2D eigenvalue weighted by Crippen LogP contribution is 2.25. The van der Waals surface area contributed by atoms with Crippen molar-refractivity contribution in [1.29, 1.82) is 0 Å². The molecule has 0 spiro atoms. The summed E-state index contributed by atoms with van der Waals surface area (Å²) in [7, 11) is 1.81. The van der Waals surface area contributed by atoms with Gasteiger partial charge in [0.1, 0.15) is 23.3 Å². The van der Waals surface area contributed by atoms with Crippen LogP contribution >= 0.6 is 0 Å². The molecule has 5 heteroatoms. The van der Waals surface area contributed by atoms with Gasteiger partial charge >= 0.3 is 0 Å². The number of halogens is 1. The van der Waals surface area contributed by atoms with Crippen LogP contribution in [-0.4, -0.2) is 17.0 Å². The van der Waals surface area contributed by atoms with E-state index in [2.05, 4.69) is 41.4 Å². The molecule has 0 amide bonds. The number of aryl methyl sites for hydroxylation is 1. The first kappa shape index (κ1) is 15.2. The highest BCUT2D eigenvalue weighted by molar-refractivity contribution is 5.62. The van der Waals surface area contributed by atoms with E-state index in [1.54, 1.807) is 12.1 Å². The summed E-state index contributed by atoms with van der Waals surface area (Å²) in [6.07, 6.45) is 0. The van der Waals surface area contributed by atoms with E-state index >= 15 is 0 Å². The molecule has 2 N–H and O–H groups in total. The molecule has 1 aromatic carbocycles. The van der Waals surface area contributed by atoms with Crippen molar-refractivity contribution in [1.82, 2.24) is 9.97 Å². The van der Waals surface area contributed by atoms with E-state index in [-0.39, 0.29) is 11.2 Å². The fourth-order valence-electron chi connectivity index (χ4n) is 1.84. The normalized spacial score (nSPS) is 11.3. The topological polar surface area (TPSA) is 49.8 Å². The maximum atomic E-state index is 13.4. The number of nitrogens with one attached hydrogen (secondary N) is 2. The first-order valence-corrected chi connectivity index (χ1v) is 6.90. The third kappa shape index (κ3) is 3.68. The Morgan fingerprint density at radius 2 is 1.71 bits per heavy atom. The molecule has 0 saturated heterocycles. The molecule has 112 valence electrons. The van der Waals surface area contributed by atoms with Crippen LogP contribution in [0.1, 0.15) is 32.2 Å². The van der Waals surface area contributed by atoms with Gasteiger partial charge in [-0.1, -0.05) is 26.8 Å². The van der Waals surface area contributed by atoms with Crippen molar-refractivity contribution in [2.45, 2.75) is 33.1 Å². The van der Waals surface area contributed by atoms with Crippen LogP contribution in [0.3, 0.4) is 0 Å². The van der Waals surface area contributed by atoms with Gasteiger partial charge in [0.05, 0.1) is 0 Å². The lowest BCUT2D eigenvalue weighted by Gasteiger charge is -2.19. The Morgan fingerprint density at radius 3 is 2.33 bits per heavy atom. The Morgan fingerprint density at radius 1 is 1.05 bits per heavy atom. The third-order valence-corrected chi connectivity index (χ3v) is 3.12. The van der Waals surface area contributed by atoms with Gasteiger partial charge in [0.25, 0.3) is 0 Å². The first-order valence-electron chi connectivity index (χ1n) is 6.90. The second-order valence-electron chi connectivity index (χ2n) is 6.05. The number of anilines is 3. The third-order valence-electron chi connectivity index (χ3n) is 3.12. The summed E-state index contributed by atoms with van der Waals surface area (Å²) in [5.41, 5.74) is 1.49. The van der Waals surface area contributed by atoms with Crippen molar-refractivity contribution in [3.63, 3.8) is 0 Å². The molecule has 0 aliphatic heterocycles. The Bertz CT molecular complexity index is 647. The smallest absolute Gasteiger partial charge is 0.138 e. The molecule has 2 rings (SSSR count). The minimum atomic E-state index is -0.276. The molecule has 0 bridgehead atoms. The van der Waals surface area contributed by atoms with Gasteiger partial charge in [-0.25, -0.2) is 14.4 Å². The van der Waals surface area contributed by atoms with Crippen LogP contribution in [-0.2, 0) is 5.41 Å². The Hall–Kier alpha value is -2.17. The lowest BCUT2D eigenvalue weighted by atomic mass is 9.96. The lowest BCUT2D eigenvalue weighted by molar-refractivity contribution is 0.547. The molecule has 0 atom stereocenters. The van der Waals surface area contributed by atoms with Gasteiger partial charge in [0.15, 0.2) is 0 Å². The van der Waals surface area contributed by atoms with Crippen LogP contribution in [0.5, 0.6) is 0 Å². The zero-order valence-corrected chi connectivity index (χ0v) is 13.1. The van der Waals surface area contributed by atoms with Crippen molar-refractivity contribution in [3.05, 3.63) is 41.5 Å². The van der Waals surface area contributed by atoms with E-state index in [4.69, 9.17) is 0 Å². The van der Waals surface area contributed by atoms with E-state index in [0.29, 0.717) is 11.5 Å². The van der Waals surface area contributed by atoms with Crippen molar-refractivity contribution < 1.29 is 4.39 Å². The summed E-state index contributed by atoms with van der Waals surface area (Å²) in [6, 6.07) is 6.45. The van der Waals surface area contributed by atoms with E-state index in [1.165, 1.54) is 12.1 Å². The van der Waals surface area contributed by atoms with Crippen LogP contribution in [0, 0.1) is 12.7 Å². The summed E-state index contributed by atoms with van der Waals surface area (Å²) in [6.45, 7) is 8.09. The SMILES string of the molecule is CNc1cc(Nc2cc(F)ccc2C)nc(C(C)(C)C)n1. The number of hydrogen-bond acceptors (Lipinski definition) is 4. The van der Waals surface area contributed by atoms with Crippen LogP contribution < -0.4 is 10.6 Å². The van der Waals surface area contributed by atoms with E-state index in [1.807, 2.05) is 14.0 Å². The second-order valence-corrected chi connectivity index (χ2v) is 6.05. The number of hydrogen-bond donors (Lipinski definition) is 2. The average molecular weight is 288 g/mol. The predicted molar refractivity (Wildman–Crippen MR) is 84.7 cm³/mol. The summed E-state index contributed by atoms with van der Waals surface area (Å²) < 4.78 is 13.4. The quantitative estimate of drug-likeness (QED) is 0.896. The number of benzene rings is 1. The van der Waals surface area contributed by atoms with Gasteiger partial charge in [-0.05, 0) is 24.6 Å². The van der Waals surface area contributed by atoms with Gasteiger partial charge < -0.3 is 10.6 Å². The molecule has 0 radical (unpaired) electrons. The second kappa shape index (κ2) is 5.68. The van der Waals surface area contributed by atoms with Crippen molar-refractivity contribution in [2.24, 2.45) is 0 Å². The van der Waals surface area contributed by atoms with Crippen LogP contribution in [0.25, 0.3) is 0 Å². The molecule has 4 nitrogen and oxygen atoms in total. The van der Waals surface area contributed by atoms with Crippen LogP contribution in [0.15, 0.2) is 24.3 Å². The summed E-state index contributed by atoms with van der Waals surface area (Å²) in [5, 5.41) is 6.20. The minimum absolute atomic E-state index is 0.166. The van der Waals surface area contributed by atoms with Gasteiger partial charge in [0.2, 0.25) is 0 Å². The fraction of sp³-hybridized carbons (Fsp3) is 0.375.